The third-order valence-electron chi connectivity index (χ3n) is 4.51. The van der Waals surface area contributed by atoms with Crippen LogP contribution in [-0.2, 0) is 5.41 Å². The van der Waals surface area contributed by atoms with Crippen LogP contribution in [-0.4, -0.2) is 0 Å². The summed E-state index contributed by atoms with van der Waals surface area (Å²) in [5.41, 5.74) is 5.87. The van der Waals surface area contributed by atoms with Crippen LogP contribution in [0.2, 0.25) is 0 Å². The van der Waals surface area contributed by atoms with Crippen molar-refractivity contribution in [1.29, 1.82) is 0 Å². The van der Waals surface area contributed by atoms with E-state index < -0.39 is 0 Å². The summed E-state index contributed by atoms with van der Waals surface area (Å²) in [5.74, 6) is 0.566. The van der Waals surface area contributed by atoms with Crippen molar-refractivity contribution in [3.05, 3.63) is 69.1 Å². The van der Waals surface area contributed by atoms with Gasteiger partial charge in [0.05, 0.1) is 0 Å². The number of fused-ring (bicyclic) bond motifs is 5. The summed E-state index contributed by atoms with van der Waals surface area (Å²) in [7, 11) is 0. The minimum absolute atomic E-state index is 0.181. The second-order valence-electron chi connectivity index (χ2n) is 5.40. The minimum atomic E-state index is 0.181. The third-order valence-corrected chi connectivity index (χ3v) is 5.50. The van der Waals surface area contributed by atoms with Crippen LogP contribution < -0.4 is 0 Å². The molecular formula is C17H12Br2. The molecule has 0 N–H and O–H groups in total. The van der Waals surface area contributed by atoms with Gasteiger partial charge in [0, 0.05) is 14.4 Å². The van der Waals surface area contributed by atoms with Crippen LogP contribution in [0.5, 0.6) is 0 Å². The number of hydrogen-bond donors (Lipinski definition) is 0. The molecule has 0 aromatic heterocycles. The molecule has 0 unspecified atom stereocenters. The molecule has 1 fully saturated rings. The van der Waals surface area contributed by atoms with E-state index in [0.29, 0.717) is 5.92 Å². The summed E-state index contributed by atoms with van der Waals surface area (Å²) >= 11 is 7.22. The first kappa shape index (κ1) is 11.9. The van der Waals surface area contributed by atoms with Gasteiger partial charge in [0.15, 0.2) is 0 Å². The largest absolute Gasteiger partial charge is 0.103 e. The second kappa shape index (κ2) is 3.83. The third kappa shape index (κ3) is 1.45. The predicted octanol–water partition coefficient (Wildman–Crippen LogP) is 5.68. The topological polar surface area (TPSA) is 0 Å². The summed E-state index contributed by atoms with van der Waals surface area (Å²) in [6, 6.07) is 13.3. The Labute approximate surface area is 129 Å². The summed E-state index contributed by atoms with van der Waals surface area (Å²) in [6.07, 6.45) is 3.30. The van der Waals surface area contributed by atoms with Gasteiger partial charge >= 0.3 is 0 Å². The molecule has 2 aromatic rings. The average molecular weight is 376 g/mol. The van der Waals surface area contributed by atoms with Crippen molar-refractivity contribution in [1.82, 2.24) is 0 Å². The van der Waals surface area contributed by atoms with E-state index >= 15 is 0 Å². The Bertz CT molecular complexity index is 664. The Morgan fingerprint density at radius 1 is 1.00 bits per heavy atom. The molecule has 0 saturated heterocycles. The molecule has 2 aliphatic rings. The van der Waals surface area contributed by atoms with Crippen molar-refractivity contribution < 1.29 is 0 Å². The predicted molar refractivity (Wildman–Crippen MR) is 86.4 cm³/mol. The van der Waals surface area contributed by atoms with Crippen LogP contribution in [0.15, 0.2) is 58.0 Å². The quantitative estimate of drug-likeness (QED) is 0.562. The maximum absolute atomic E-state index is 4.01. The molecule has 1 saturated carbocycles. The highest BCUT2D eigenvalue weighted by molar-refractivity contribution is 9.10. The highest BCUT2D eigenvalue weighted by Crippen LogP contribution is 2.67. The zero-order valence-electron chi connectivity index (χ0n) is 10.3. The van der Waals surface area contributed by atoms with Gasteiger partial charge in [-0.2, -0.15) is 0 Å². The monoisotopic (exact) mass is 374 g/mol. The summed E-state index contributed by atoms with van der Waals surface area (Å²) in [4.78, 5) is 0. The highest BCUT2D eigenvalue weighted by Gasteiger charge is 2.59. The molecular weight excluding hydrogens is 364 g/mol. The minimum Gasteiger partial charge on any atom is -0.103 e. The fraction of sp³-hybridized carbons (Fsp3) is 0.176. The van der Waals surface area contributed by atoms with Gasteiger partial charge in [-0.05, 0) is 58.9 Å². The normalized spacial score (nSPS) is 21.1. The molecule has 0 heterocycles. The lowest BCUT2D eigenvalue weighted by molar-refractivity contribution is 0.815. The van der Waals surface area contributed by atoms with Crippen LogP contribution in [0.3, 0.4) is 0 Å². The van der Waals surface area contributed by atoms with E-state index in [0.717, 1.165) is 8.95 Å². The molecule has 2 aliphatic carbocycles. The number of rotatable bonds is 1. The molecule has 19 heavy (non-hydrogen) atoms. The molecule has 94 valence electrons. The molecule has 0 amide bonds. The lowest BCUT2D eigenvalue weighted by Gasteiger charge is -2.13. The van der Waals surface area contributed by atoms with Gasteiger partial charge in [-0.3, -0.25) is 0 Å². The van der Waals surface area contributed by atoms with Crippen molar-refractivity contribution in [3.63, 3.8) is 0 Å². The Kier molecular flexibility index (Phi) is 2.40. The first-order valence-corrected chi connectivity index (χ1v) is 7.98. The second-order valence-corrected chi connectivity index (χ2v) is 7.23. The van der Waals surface area contributed by atoms with Gasteiger partial charge in [0.1, 0.15) is 0 Å². The Morgan fingerprint density at radius 2 is 1.53 bits per heavy atom. The number of benzene rings is 2. The highest BCUT2D eigenvalue weighted by atomic mass is 79.9. The molecule has 1 spiro atoms. The van der Waals surface area contributed by atoms with Crippen LogP contribution in [0.4, 0.5) is 0 Å². The van der Waals surface area contributed by atoms with E-state index in [1.165, 1.54) is 28.7 Å². The lowest BCUT2D eigenvalue weighted by Crippen LogP contribution is -2.07. The zero-order valence-corrected chi connectivity index (χ0v) is 13.5. The van der Waals surface area contributed by atoms with Gasteiger partial charge in [0.2, 0.25) is 0 Å². The maximum Gasteiger partial charge on any atom is 0.0284 e. The van der Waals surface area contributed by atoms with Gasteiger partial charge in [-0.25, -0.2) is 0 Å². The summed E-state index contributed by atoms with van der Waals surface area (Å²) < 4.78 is 2.32. The van der Waals surface area contributed by atoms with Crippen molar-refractivity contribution in [2.75, 3.05) is 0 Å². The van der Waals surface area contributed by atoms with Crippen LogP contribution >= 0.6 is 31.9 Å². The van der Waals surface area contributed by atoms with Crippen molar-refractivity contribution in [2.24, 2.45) is 5.92 Å². The average Bonchev–Trinajstić information content (AvgIpc) is 3.08. The summed E-state index contributed by atoms with van der Waals surface area (Å²) in [6.45, 7) is 4.01. The fourth-order valence-corrected chi connectivity index (χ4v) is 4.30. The molecule has 2 heteroatoms. The van der Waals surface area contributed by atoms with E-state index in [4.69, 9.17) is 0 Å². The number of halogens is 2. The first-order valence-electron chi connectivity index (χ1n) is 6.40. The van der Waals surface area contributed by atoms with E-state index in [9.17, 15) is 0 Å². The van der Waals surface area contributed by atoms with Crippen molar-refractivity contribution in [2.45, 2.75) is 11.8 Å². The maximum atomic E-state index is 4.01. The van der Waals surface area contributed by atoms with Gasteiger partial charge in [-0.15, -0.1) is 6.58 Å². The molecule has 4 rings (SSSR count). The number of allylic oxidation sites excluding steroid dienone is 1. The van der Waals surface area contributed by atoms with E-state index in [1.807, 2.05) is 0 Å². The lowest BCUT2D eigenvalue weighted by atomic mass is 9.91. The van der Waals surface area contributed by atoms with Crippen LogP contribution in [0.25, 0.3) is 11.1 Å². The van der Waals surface area contributed by atoms with Crippen LogP contribution in [0.1, 0.15) is 17.5 Å². The summed E-state index contributed by atoms with van der Waals surface area (Å²) in [5, 5.41) is 0. The molecule has 0 aliphatic heterocycles. The van der Waals surface area contributed by atoms with E-state index in [2.05, 4.69) is 80.9 Å². The zero-order chi connectivity index (χ0) is 13.2. The SMILES string of the molecule is C=C[C@H]1CC12c1cc(Br)ccc1-c1ccc(Br)cc12. The van der Waals surface area contributed by atoms with Crippen molar-refractivity contribution in [3.8, 4) is 11.1 Å². The van der Waals surface area contributed by atoms with Gasteiger partial charge in [0.25, 0.3) is 0 Å². The molecule has 1 atom stereocenters. The van der Waals surface area contributed by atoms with E-state index in [1.54, 1.807) is 0 Å². The van der Waals surface area contributed by atoms with Crippen LogP contribution in [0, 0.1) is 5.92 Å². The first-order chi connectivity index (χ1) is 9.16. The van der Waals surface area contributed by atoms with Gasteiger partial charge in [-0.1, -0.05) is 50.1 Å². The fourth-order valence-electron chi connectivity index (χ4n) is 3.58. The Balaban J connectivity index is 2.06. The Morgan fingerprint density at radius 3 is 1.95 bits per heavy atom. The molecule has 0 radical (unpaired) electrons. The number of hydrogen-bond acceptors (Lipinski definition) is 0. The van der Waals surface area contributed by atoms with Gasteiger partial charge < -0.3 is 0 Å². The smallest absolute Gasteiger partial charge is 0.0284 e. The Hall–Kier alpha value is -0.860. The van der Waals surface area contributed by atoms with Crippen molar-refractivity contribution >= 4 is 31.9 Å². The van der Waals surface area contributed by atoms with E-state index in [-0.39, 0.29) is 5.41 Å². The molecule has 0 bridgehead atoms. The molecule has 2 aromatic carbocycles. The molecule has 0 nitrogen and oxygen atoms in total. The standard InChI is InChI=1S/C17H12Br2/c1-2-10-9-17(10)15-7-11(18)3-5-13(15)14-6-4-12(19)8-16(14)17/h2-8,10H,1,9H2/t10-/m0/s1.